The van der Waals surface area contributed by atoms with Crippen LogP contribution in [0.25, 0.3) is 21.7 Å². The van der Waals surface area contributed by atoms with E-state index in [-0.39, 0.29) is 6.61 Å². The molecule has 1 heterocycles. The van der Waals surface area contributed by atoms with Gasteiger partial charge in [-0.3, -0.25) is 0 Å². The molecular weight excluding hydrogens is 340 g/mol. The lowest BCUT2D eigenvalue weighted by Crippen LogP contribution is -2.09. The highest BCUT2D eigenvalue weighted by Gasteiger charge is 2.14. The number of rotatable bonds is 3. The van der Waals surface area contributed by atoms with Gasteiger partial charge >= 0.3 is 11.6 Å². The Balaban J connectivity index is 1.75. The first-order valence-electron chi connectivity index (χ1n) is 8.72. The zero-order valence-electron chi connectivity index (χ0n) is 15.1. The fourth-order valence-electron chi connectivity index (χ4n) is 3.31. The second kappa shape index (κ2) is 6.72. The Morgan fingerprint density at radius 3 is 2.67 bits per heavy atom. The van der Waals surface area contributed by atoms with Gasteiger partial charge < -0.3 is 9.15 Å². The molecule has 0 amide bonds. The first-order chi connectivity index (χ1) is 13.0. The van der Waals surface area contributed by atoms with Crippen LogP contribution in [-0.2, 0) is 11.3 Å². The molecule has 0 bridgehead atoms. The number of benzene rings is 3. The smallest absolute Gasteiger partial charge is 0.338 e. The lowest BCUT2D eigenvalue weighted by atomic mass is 10.0. The van der Waals surface area contributed by atoms with Gasteiger partial charge in [0.15, 0.2) is 0 Å². The van der Waals surface area contributed by atoms with Crippen LogP contribution < -0.4 is 5.63 Å². The molecule has 0 saturated heterocycles. The van der Waals surface area contributed by atoms with Crippen LogP contribution >= 0.6 is 0 Å². The molecule has 0 unspecified atom stereocenters. The van der Waals surface area contributed by atoms with Gasteiger partial charge in [0.2, 0.25) is 0 Å². The number of fused-ring (bicyclic) bond motifs is 3. The third-order valence-corrected chi connectivity index (χ3v) is 4.69. The summed E-state index contributed by atoms with van der Waals surface area (Å²) in [6.07, 6.45) is 0. The first-order valence-corrected chi connectivity index (χ1v) is 8.72. The van der Waals surface area contributed by atoms with Gasteiger partial charge in [0.05, 0.1) is 5.56 Å². The molecule has 1 aromatic heterocycles. The largest absolute Gasteiger partial charge is 0.457 e. The number of esters is 1. The minimum Gasteiger partial charge on any atom is -0.457 e. The zero-order chi connectivity index (χ0) is 19.0. The van der Waals surface area contributed by atoms with E-state index < -0.39 is 11.6 Å². The molecule has 3 aromatic carbocycles. The number of ether oxygens (including phenoxy) is 1. The van der Waals surface area contributed by atoms with E-state index in [9.17, 15) is 9.59 Å². The zero-order valence-corrected chi connectivity index (χ0v) is 15.1. The summed E-state index contributed by atoms with van der Waals surface area (Å²) >= 11 is 0. The SMILES string of the molecule is Cc1ccc(C)c(C(=O)OCc2cc(=O)oc3ccc4ccccc4c23)c1. The maximum absolute atomic E-state index is 12.6. The van der Waals surface area contributed by atoms with Crippen molar-refractivity contribution in [3.8, 4) is 0 Å². The maximum atomic E-state index is 12.6. The Morgan fingerprint density at radius 1 is 1.00 bits per heavy atom. The van der Waals surface area contributed by atoms with Crippen molar-refractivity contribution in [2.45, 2.75) is 20.5 Å². The third-order valence-electron chi connectivity index (χ3n) is 4.69. The Bertz CT molecular complexity index is 1230. The molecule has 134 valence electrons. The van der Waals surface area contributed by atoms with Crippen LogP contribution in [0, 0.1) is 13.8 Å². The first kappa shape index (κ1) is 17.0. The van der Waals surface area contributed by atoms with Gasteiger partial charge in [-0.25, -0.2) is 9.59 Å². The van der Waals surface area contributed by atoms with Gasteiger partial charge in [-0.1, -0.05) is 48.0 Å². The Labute approximate surface area is 156 Å². The van der Waals surface area contributed by atoms with E-state index in [4.69, 9.17) is 9.15 Å². The summed E-state index contributed by atoms with van der Waals surface area (Å²) in [5.74, 6) is -0.405. The Morgan fingerprint density at radius 2 is 1.81 bits per heavy atom. The third kappa shape index (κ3) is 3.22. The second-order valence-corrected chi connectivity index (χ2v) is 6.65. The highest BCUT2D eigenvalue weighted by molar-refractivity contribution is 6.07. The number of hydrogen-bond acceptors (Lipinski definition) is 4. The van der Waals surface area contributed by atoms with Gasteiger partial charge in [0.25, 0.3) is 0 Å². The number of carbonyl (C=O) groups excluding carboxylic acids is 1. The van der Waals surface area contributed by atoms with Crippen molar-refractivity contribution in [1.29, 1.82) is 0 Å². The summed E-state index contributed by atoms with van der Waals surface area (Å²) in [4.78, 5) is 24.5. The molecule has 4 nitrogen and oxygen atoms in total. The molecule has 27 heavy (non-hydrogen) atoms. The average molecular weight is 358 g/mol. The fourth-order valence-corrected chi connectivity index (χ4v) is 3.31. The lowest BCUT2D eigenvalue weighted by molar-refractivity contribution is 0.0473. The molecule has 0 atom stereocenters. The van der Waals surface area contributed by atoms with Gasteiger partial charge in [0.1, 0.15) is 12.2 Å². The topological polar surface area (TPSA) is 56.5 Å². The minimum atomic E-state index is -0.462. The van der Waals surface area contributed by atoms with Gasteiger partial charge in [-0.05, 0) is 42.3 Å². The molecule has 0 N–H and O–H groups in total. The monoisotopic (exact) mass is 358 g/mol. The summed E-state index contributed by atoms with van der Waals surface area (Å²) in [7, 11) is 0. The van der Waals surface area contributed by atoms with Crippen molar-refractivity contribution >= 4 is 27.7 Å². The molecule has 0 saturated carbocycles. The molecule has 0 radical (unpaired) electrons. The molecule has 0 aliphatic rings. The van der Waals surface area contributed by atoms with Crippen molar-refractivity contribution in [2.24, 2.45) is 0 Å². The van der Waals surface area contributed by atoms with Gasteiger partial charge in [0, 0.05) is 17.0 Å². The van der Waals surface area contributed by atoms with Crippen molar-refractivity contribution in [2.75, 3.05) is 0 Å². The molecule has 0 spiro atoms. The van der Waals surface area contributed by atoms with Gasteiger partial charge in [-0.2, -0.15) is 0 Å². The summed E-state index contributed by atoms with van der Waals surface area (Å²) in [5, 5.41) is 2.78. The van der Waals surface area contributed by atoms with Crippen molar-refractivity contribution in [3.05, 3.63) is 93.3 Å². The number of carbonyl (C=O) groups is 1. The predicted octanol–water partition coefficient (Wildman–Crippen LogP) is 4.92. The van der Waals surface area contributed by atoms with E-state index in [0.717, 1.165) is 27.3 Å². The summed E-state index contributed by atoms with van der Waals surface area (Å²) < 4.78 is 10.9. The van der Waals surface area contributed by atoms with Crippen molar-refractivity contribution < 1.29 is 13.9 Å². The van der Waals surface area contributed by atoms with E-state index in [0.29, 0.717) is 16.7 Å². The molecule has 4 rings (SSSR count). The summed E-state index contributed by atoms with van der Waals surface area (Å²) in [6, 6.07) is 18.6. The van der Waals surface area contributed by atoms with Crippen LogP contribution in [-0.4, -0.2) is 5.97 Å². The maximum Gasteiger partial charge on any atom is 0.338 e. The van der Waals surface area contributed by atoms with E-state index >= 15 is 0 Å². The molecule has 4 heteroatoms. The molecule has 0 aliphatic heterocycles. The highest BCUT2D eigenvalue weighted by atomic mass is 16.5. The highest BCUT2D eigenvalue weighted by Crippen LogP contribution is 2.28. The normalized spacial score (nSPS) is 11.0. The van der Waals surface area contributed by atoms with Crippen molar-refractivity contribution in [1.82, 2.24) is 0 Å². The number of aryl methyl sites for hydroxylation is 2. The predicted molar refractivity (Wildman–Crippen MR) is 105 cm³/mol. The average Bonchev–Trinajstić information content (AvgIpc) is 2.67. The lowest BCUT2D eigenvalue weighted by Gasteiger charge is -2.11. The standard InChI is InChI=1S/C23H18O4/c1-14-7-8-15(2)19(11-14)23(25)26-13-17-12-21(24)27-20-10-9-16-5-3-4-6-18(16)22(17)20/h3-12H,13H2,1-2H3. The van der Waals surface area contributed by atoms with Crippen LogP contribution in [0.3, 0.4) is 0 Å². The Kier molecular flexibility index (Phi) is 4.24. The van der Waals surface area contributed by atoms with Crippen LogP contribution in [0.2, 0.25) is 0 Å². The van der Waals surface area contributed by atoms with E-state index in [1.54, 1.807) is 6.07 Å². The van der Waals surface area contributed by atoms with Gasteiger partial charge in [-0.15, -0.1) is 0 Å². The number of hydrogen-bond donors (Lipinski definition) is 0. The molecule has 4 aromatic rings. The van der Waals surface area contributed by atoms with Crippen LogP contribution in [0.4, 0.5) is 0 Å². The molecule has 0 fully saturated rings. The second-order valence-electron chi connectivity index (χ2n) is 6.65. The minimum absolute atomic E-state index is 0.00230. The van der Waals surface area contributed by atoms with E-state index in [1.165, 1.54) is 6.07 Å². The fraction of sp³-hybridized carbons (Fsp3) is 0.130. The van der Waals surface area contributed by atoms with Crippen molar-refractivity contribution in [3.63, 3.8) is 0 Å². The van der Waals surface area contributed by atoms with Crippen LogP contribution in [0.5, 0.6) is 0 Å². The Hall–Kier alpha value is -3.40. The van der Waals surface area contributed by atoms with E-state index in [2.05, 4.69) is 0 Å². The summed E-state index contributed by atoms with van der Waals surface area (Å²) in [5.41, 5.74) is 3.04. The summed E-state index contributed by atoms with van der Waals surface area (Å²) in [6.45, 7) is 3.80. The molecule has 0 aliphatic carbocycles. The molecular formula is C23H18O4. The van der Waals surface area contributed by atoms with Crippen LogP contribution in [0.15, 0.2) is 69.9 Å². The quantitative estimate of drug-likeness (QED) is 0.296. The van der Waals surface area contributed by atoms with Crippen LogP contribution in [0.1, 0.15) is 27.0 Å². The van der Waals surface area contributed by atoms with E-state index in [1.807, 2.05) is 62.4 Å².